The summed E-state index contributed by atoms with van der Waals surface area (Å²) in [7, 11) is -3.75. The fourth-order valence-corrected chi connectivity index (χ4v) is 5.30. The van der Waals surface area contributed by atoms with Gasteiger partial charge in [-0.15, -0.1) is 0 Å². The summed E-state index contributed by atoms with van der Waals surface area (Å²) in [5, 5.41) is 5.64. The molecule has 0 aliphatic heterocycles. The second-order valence-electron chi connectivity index (χ2n) is 9.06. The summed E-state index contributed by atoms with van der Waals surface area (Å²) in [5.74, 6) is -0.106. The summed E-state index contributed by atoms with van der Waals surface area (Å²) >= 11 is 0. The fourth-order valence-electron chi connectivity index (χ4n) is 4.25. The van der Waals surface area contributed by atoms with Crippen molar-refractivity contribution in [1.82, 2.24) is 0 Å². The third kappa shape index (κ3) is 6.93. The normalized spacial score (nSPS) is 17.7. The average molecular weight is 507 g/mol. The van der Waals surface area contributed by atoms with E-state index in [1.807, 2.05) is 0 Å². The van der Waals surface area contributed by atoms with E-state index >= 15 is 0 Å². The number of hydrogen-bond donors (Lipinski definition) is 4. The highest BCUT2D eigenvalue weighted by Gasteiger charge is 2.21. The number of sulfonamides is 1. The van der Waals surface area contributed by atoms with Crippen LogP contribution < -0.4 is 21.1 Å². The van der Waals surface area contributed by atoms with Gasteiger partial charge in [-0.25, -0.2) is 8.42 Å². The maximum absolute atomic E-state index is 12.8. The third-order valence-electron chi connectivity index (χ3n) is 6.22. The predicted molar refractivity (Wildman–Crippen MR) is 141 cm³/mol. The van der Waals surface area contributed by atoms with Crippen LogP contribution in [0.1, 0.15) is 42.5 Å². The van der Waals surface area contributed by atoms with Gasteiger partial charge in [-0.1, -0.05) is 24.3 Å². The number of carbonyl (C=O) groups is 2. The lowest BCUT2D eigenvalue weighted by Gasteiger charge is -2.25. The Morgan fingerprint density at radius 2 is 1.44 bits per heavy atom. The number of amides is 2. The molecule has 0 atom stereocenters. The summed E-state index contributed by atoms with van der Waals surface area (Å²) in [4.78, 5) is 25.3. The van der Waals surface area contributed by atoms with Crippen LogP contribution in [-0.4, -0.2) is 26.3 Å². The van der Waals surface area contributed by atoms with Gasteiger partial charge in [0.15, 0.2) is 0 Å². The van der Waals surface area contributed by atoms with Crippen LogP contribution in [0.15, 0.2) is 83.8 Å². The molecule has 2 amide bonds. The molecular weight excluding hydrogens is 476 g/mol. The monoisotopic (exact) mass is 506 g/mol. The van der Waals surface area contributed by atoms with Gasteiger partial charge in [0.2, 0.25) is 5.91 Å². The predicted octanol–water partition coefficient (Wildman–Crippen LogP) is 4.59. The fraction of sp³-hybridized carbons (Fsp3) is 0.259. The second-order valence-corrected chi connectivity index (χ2v) is 10.7. The van der Waals surface area contributed by atoms with Gasteiger partial charge in [0.25, 0.3) is 15.9 Å². The largest absolute Gasteiger partial charge is 0.328 e. The molecule has 0 spiro atoms. The zero-order chi connectivity index (χ0) is 25.5. The standard InChI is InChI=1S/C27H30N4O4S/c28-21-11-9-19(10-12-21)17-26(32)29-24-8-4-5-20(18-24)27(33)30-22-13-15-25(16-14-22)36(34,35)31-23-6-2-1-3-7-23/h1-8,13-16,18-19,21,31H,9-12,17,28H2,(H,29,32)(H,30,33)/t19-,21-. The van der Waals surface area contributed by atoms with Crippen LogP contribution in [0.2, 0.25) is 0 Å². The number of carbonyl (C=O) groups excluding carboxylic acids is 2. The Balaban J connectivity index is 1.34. The molecule has 0 aromatic heterocycles. The lowest BCUT2D eigenvalue weighted by molar-refractivity contribution is -0.117. The van der Waals surface area contributed by atoms with Crippen LogP contribution in [0.3, 0.4) is 0 Å². The molecule has 4 rings (SSSR count). The zero-order valence-electron chi connectivity index (χ0n) is 19.8. The van der Waals surface area contributed by atoms with Gasteiger partial charge < -0.3 is 16.4 Å². The van der Waals surface area contributed by atoms with E-state index in [0.717, 1.165) is 25.7 Å². The Kier molecular flexibility index (Phi) is 8.02. The second kappa shape index (κ2) is 11.4. The van der Waals surface area contributed by atoms with Gasteiger partial charge >= 0.3 is 0 Å². The van der Waals surface area contributed by atoms with E-state index in [-0.39, 0.29) is 22.8 Å². The molecule has 1 fully saturated rings. The summed E-state index contributed by atoms with van der Waals surface area (Å²) < 4.78 is 27.7. The summed E-state index contributed by atoms with van der Waals surface area (Å²) in [5.41, 5.74) is 7.77. The van der Waals surface area contributed by atoms with Crippen molar-refractivity contribution in [2.75, 3.05) is 15.4 Å². The first-order chi connectivity index (χ1) is 17.3. The average Bonchev–Trinajstić information content (AvgIpc) is 2.86. The lowest BCUT2D eigenvalue weighted by atomic mass is 9.84. The Morgan fingerprint density at radius 1 is 0.778 bits per heavy atom. The minimum Gasteiger partial charge on any atom is -0.328 e. The number of nitrogens with one attached hydrogen (secondary N) is 3. The first-order valence-electron chi connectivity index (χ1n) is 11.9. The smallest absolute Gasteiger partial charge is 0.261 e. The molecule has 1 aliphatic rings. The highest BCUT2D eigenvalue weighted by Crippen LogP contribution is 2.26. The van der Waals surface area contributed by atoms with Gasteiger partial charge in [-0.2, -0.15) is 0 Å². The Labute approximate surface area is 211 Å². The van der Waals surface area contributed by atoms with Crippen molar-refractivity contribution in [2.24, 2.45) is 11.7 Å². The Morgan fingerprint density at radius 3 is 2.14 bits per heavy atom. The highest BCUT2D eigenvalue weighted by molar-refractivity contribution is 7.92. The molecule has 1 saturated carbocycles. The number of rotatable bonds is 8. The SMILES string of the molecule is N[C@H]1CC[C@H](CC(=O)Nc2cccc(C(=O)Nc3ccc(S(=O)(=O)Nc4ccccc4)cc3)c2)CC1. The summed E-state index contributed by atoms with van der Waals surface area (Å²) in [6, 6.07) is 21.5. The van der Waals surface area contributed by atoms with Crippen LogP contribution in [-0.2, 0) is 14.8 Å². The van der Waals surface area contributed by atoms with E-state index < -0.39 is 10.0 Å². The van der Waals surface area contributed by atoms with Crippen LogP contribution in [0.25, 0.3) is 0 Å². The van der Waals surface area contributed by atoms with E-state index in [1.54, 1.807) is 54.6 Å². The van der Waals surface area contributed by atoms with E-state index in [0.29, 0.717) is 35.0 Å². The molecule has 0 bridgehead atoms. The molecule has 3 aromatic carbocycles. The molecule has 36 heavy (non-hydrogen) atoms. The first kappa shape index (κ1) is 25.4. The minimum absolute atomic E-state index is 0.0751. The van der Waals surface area contributed by atoms with Gasteiger partial charge in [0, 0.05) is 35.1 Å². The van der Waals surface area contributed by atoms with Crippen molar-refractivity contribution in [3.05, 3.63) is 84.4 Å². The van der Waals surface area contributed by atoms with E-state index in [9.17, 15) is 18.0 Å². The first-order valence-corrected chi connectivity index (χ1v) is 13.4. The van der Waals surface area contributed by atoms with E-state index in [1.165, 1.54) is 24.3 Å². The molecule has 1 aliphatic carbocycles. The van der Waals surface area contributed by atoms with E-state index in [2.05, 4.69) is 15.4 Å². The maximum atomic E-state index is 12.8. The molecule has 0 radical (unpaired) electrons. The Bertz CT molecular complexity index is 1300. The molecule has 0 saturated heterocycles. The number of nitrogens with two attached hydrogens (primary N) is 1. The number of anilines is 3. The molecular formula is C27H30N4O4S. The van der Waals surface area contributed by atoms with Crippen molar-refractivity contribution < 1.29 is 18.0 Å². The van der Waals surface area contributed by atoms with Crippen molar-refractivity contribution in [3.8, 4) is 0 Å². The topological polar surface area (TPSA) is 130 Å². The molecule has 0 unspecified atom stereocenters. The number of hydrogen-bond acceptors (Lipinski definition) is 5. The maximum Gasteiger partial charge on any atom is 0.261 e. The lowest BCUT2D eigenvalue weighted by Crippen LogP contribution is -2.28. The molecule has 0 heterocycles. The van der Waals surface area contributed by atoms with Crippen molar-refractivity contribution in [1.29, 1.82) is 0 Å². The van der Waals surface area contributed by atoms with Crippen LogP contribution >= 0.6 is 0 Å². The zero-order valence-corrected chi connectivity index (χ0v) is 20.6. The number of benzene rings is 3. The van der Waals surface area contributed by atoms with Gasteiger partial charge in [-0.05, 0) is 86.2 Å². The van der Waals surface area contributed by atoms with Gasteiger partial charge in [0.05, 0.1) is 4.90 Å². The van der Waals surface area contributed by atoms with Crippen LogP contribution in [0, 0.1) is 5.92 Å². The van der Waals surface area contributed by atoms with E-state index in [4.69, 9.17) is 5.73 Å². The highest BCUT2D eigenvalue weighted by atomic mass is 32.2. The van der Waals surface area contributed by atoms with Crippen molar-refractivity contribution in [3.63, 3.8) is 0 Å². The molecule has 5 N–H and O–H groups in total. The minimum atomic E-state index is -3.75. The third-order valence-corrected chi connectivity index (χ3v) is 7.62. The Hall–Kier alpha value is -3.69. The molecule has 3 aromatic rings. The summed E-state index contributed by atoms with van der Waals surface area (Å²) in [6.07, 6.45) is 4.25. The van der Waals surface area contributed by atoms with Crippen molar-refractivity contribution in [2.45, 2.75) is 43.0 Å². The van der Waals surface area contributed by atoms with Crippen LogP contribution in [0.4, 0.5) is 17.1 Å². The quantitative estimate of drug-likeness (QED) is 0.355. The molecule has 9 heteroatoms. The van der Waals surface area contributed by atoms with Gasteiger partial charge in [-0.3, -0.25) is 14.3 Å². The number of para-hydroxylation sites is 1. The summed E-state index contributed by atoms with van der Waals surface area (Å²) in [6.45, 7) is 0. The van der Waals surface area contributed by atoms with Crippen molar-refractivity contribution >= 4 is 38.9 Å². The van der Waals surface area contributed by atoms with Crippen LogP contribution in [0.5, 0.6) is 0 Å². The molecule has 8 nitrogen and oxygen atoms in total. The molecule has 188 valence electrons. The van der Waals surface area contributed by atoms with Gasteiger partial charge in [0.1, 0.15) is 0 Å².